The highest BCUT2D eigenvalue weighted by Crippen LogP contribution is 1.98. The highest BCUT2D eigenvalue weighted by atomic mass is 79.9. The molecule has 3 heteroatoms. The molecule has 0 bridgehead atoms. The van der Waals surface area contributed by atoms with Crippen molar-refractivity contribution < 1.29 is 4.79 Å². The molecule has 0 fully saturated rings. The third-order valence-electron chi connectivity index (χ3n) is 1.11. The Morgan fingerprint density at radius 1 is 1.42 bits per heavy atom. The van der Waals surface area contributed by atoms with Crippen LogP contribution in [-0.2, 0) is 4.79 Å². The normalized spacial score (nSPS) is 10.3. The summed E-state index contributed by atoms with van der Waals surface area (Å²) in [6.07, 6.45) is 1.47. The topological polar surface area (TPSA) is 17.1 Å². The number of Topliss-reactive ketones (excluding diaryl/α,β-unsaturated/α-hetero) is 1. The second kappa shape index (κ2) is 5.55. The van der Waals surface area contributed by atoms with Crippen LogP contribution in [0.15, 0.2) is 0 Å². The first-order chi connectivity index (χ1) is 5.45. The minimum absolute atomic E-state index is 0.0804. The van der Waals surface area contributed by atoms with E-state index in [-0.39, 0.29) is 5.78 Å². The van der Waals surface area contributed by atoms with Crippen molar-refractivity contribution in [2.75, 3.05) is 5.33 Å². The van der Waals surface area contributed by atoms with Gasteiger partial charge in [0.05, 0.1) is 0 Å². The average Bonchev–Trinajstić information content (AvgIpc) is 1.95. The van der Waals surface area contributed by atoms with Gasteiger partial charge in [-0.2, -0.15) is 0 Å². The molecule has 0 saturated carbocycles. The van der Waals surface area contributed by atoms with Crippen molar-refractivity contribution in [1.82, 2.24) is 0 Å². The van der Waals surface area contributed by atoms with Gasteiger partial charge in [0, 0.05) is 11.8 Å². The summed E-state index contributed by atoms with van der Waals surface area (Å²) in [4.78, 5) is 11.1. The van der Waals surface area contributed by atoms with Gasteiger partial charge in [0.15, 0.2) is 0 Å². The first kappa shape index (κ1) is 11.9. The van der Waals surface area contributed by atoms with Gasteiger partial charge >= 0.3 is 0 Å². The maximum Gasteiger partial charge on any atom is 0.204 e. The molecule has 0 N–H and O–H groups in total. The molecule has 0 amide bonds. The molecule has 0 aromatic rings. The molecule has 0 heterocycles. The van der Waals surface area contributed by atoms with E-state index in [4.69, 9.17) is 0 Å². The van der Waals surface area contributed by atoms with Crippen molar-refractivity contribution in [2.45, 2.75) is 32.5 Å². The fourth-order valence-corrected chi connectivity index (χ4v) is 1.34. The van der Waals surface area contributed by atoms with E-state index in [0.717, 1.165) is 11.8 Å². The van der Waals surface area contributed by atoms with Gasteiger partial charge in [-0.15, -0.1) is 5.54 Å². The molecule has 0 aliphatic rings. The second-order valence-corrected chi connectivity index (χ2v) is 9.26. The molecule has 0 aromatic carbocycles. The lowest BCUT2D eigenvalue weighted by atomic mass is 10.2. The summed E-state index contributed by atoms with van der Waals surface area (Å²) in [5.41, 5.74) is 3.05. The molecule has 0 atom stereocenters. The smallest absolute Gasteiger partial charge is 0.204 e. The first-order valence-electron chi connectivity index (χ1n) is 4.07. The quantitative estimate of drug-likeness (QED) is 0.425. The number of alkyl halides is 1. The van der Waals surface area contributed by atoms with Crippen LogP contribution in [0.2, 0.25) is 19.6 Å². The molecule has 0 saturated heterocycles. The van der Waals surface area contributed by atoms with Gasteiger partial charge in [-0.05, 0) is 12.3 Å². The predicted octanol–water partition coefficient (Wildman–Crippen LogP) is 2.61. The van der Waals surface area contributed by atoms with E-state index in [9.17, 15) is 4.79 Å². The van der Waals surface area contributed by atoms with E-state index in [1.54, 1.807) is 0 Å². The van der Waals surface area contributed by atoms with Gasteiger partial charge in [0.2, 0.25) is 5.78 Å². The first-order valence-corrected chi connectivity index (χ1v) is 8.70. The molecule has 0 spiro atoms. The van der Waals surface area contributed by atoms with Crippen molar-refractivity contribution >= 4 is 29.8 Å². The van der Waals surface area contributed by atoms with E-state index in [1.165, 1.54) is 0 Å². The minimum Gasteiger partial charge on any atom is -0.285 e. The highest BCUT2D eigenvalue weighted by molar-refractivity contribution is 9.09. The summed E-state index contributed by atoms with van der Waals surface area (Å²) < 4.78 is 0. The summed E-state index contributed by atoms with van der Waals surface area (Å²) >= 11 is 3.28. The van der Waals surface area contributed by atoms with E-state index in [1.807, 2.05) is 0 Å². The van der Waals surface area contributed by atoms with Crippen LogP contribution in [0.5, 0.6) is 0 Å². The Morgan fingerprint density at radius 3 is 2.42 bits per heavy atom. The zero-order chi connectivity index (χ0) is 9.61. The Balaban J connectivity index is 3.88. The van der Waals surface area contributed by atoms with Gasteiger partial charge < -0.3 is 0 Å². The third-order valence-corrected chi connectivity index (χ3v) is 2.55. The molecular formula is C9H15BrOSi. The zero-order valence-electron chi connectivity index (χ0n) is 7.91. The van der Waals surface area contributed by atoms with Crippen LogP contribution in [0.3, 0.4) is 0 Å². The van der Waals surface area contributed by atoms with Gasteiger partial charge in [-0.3, -0.25) is 4.79 Å². The molecule has 12 heavy (non-hydrogen) atoms. The van der Waals surface area contributed by atoms with Gasteiger partial charge in [-0.25, -0.2) is 0 Å². The highest BCUT2D eigenvalue weighted by Gasteiger charge is 2.08. The summed E-state index contributed by atoms with van der Waals surface area (Å²) in [5, 5.41) is 0.882. The van der Waals surface area contributed by atoms with Crippen molar-refractivity contribution in [1.29, 1.82) is 0 Å². The third kappa shape index (κ3) is 8.03. The Labute approximate surface area is 84.1 Å². The standard InChI is InChI=1S/C9H15BrOSi/c1-12(2,3)8-6-9(11)5-4-7-10/h4-5,7H2,1-3H3. The number of hydrogen-bond donors (Lipinski definition) is 0. The summed E-state index contributed by atoms with van der Waals surface area (Å²) in [7, 11) is -1.35. The fourth-order valence-electron chi connectivity index (χ4n) is 0.547. The lowest BCUT2D eigenvalue weighted by Crippen LogP contribution is -2.17. The lowest BCUT2D eigenvalue weighted by molar-refractivity contribution is -0.113. The van der Waals surface area contributed by atoms with Gasteiger partial charge in [-0.1, -0.05) is 35.6 Å². The average molecular weight is 247 g/mol. The SMILES string of the molecule is C[Si](C)(C)C#CC(=O)CCCBr. The second-order valence-electron chi connectivity index (χ2n) is 3.72. The number of ketones is 1. The van der Waals surface area contributed by atoms with Crippen molar-refractivity contribution in [3.05, 3.63) is 0 Å². The summed E-state index contributed by atoms with van der Waals surface area (Å²) in [6, 6.07) is 0. The Hall–Kier alpha value is -0.0731. The summed E-state index contributed by atoms with van der Waals surface area (Å²) in [5.74, 6) is 2.79. The minimum atomic E-state index is -1.35. The van der Waals surface area contributed by atoms with Gasteiger partial charge in [0.1, 0.15) is 8.07 Å². The van der Waals surface area contributed by atoms with E-state index in [0.29, 0.717) is 6.42 Å². The zero-order valence-corrected chi connectivity index (χ0v) is 10.5. The summed E-state index contributed by atoms with van der Waals surface area (Å²) in [6.45, 7) is 6.41. The molecule has 0 aromatic heterocycles. The van der Waals surface area contributed by atoms with Crippen LogP contribution in [0, 0.1) is 11.5 Å². The van der Waals surface area contributed by atoms with Gasteiger partial charge in [0.25, 0.3) is 0 Å². The van der Waals surface area contributed by atoms with E-state index in [2.05, 4.69) is 47.0 Å². The van der Waals surface area contributed by atoms with Crippen LogP contribution in [0.4, 0.5) is 0 Å². The molecule has 0 aliphatic heterocycles. The van der Waals surface area contributed by atoms with E-state index >= 15 is 0 Å². The Morgan fingerprint density at radius 2 is 2.00 bits per heavy atom. The van der Waals surface area contributed by atoms with Crippen molar-refractivity contribution in [2.24, 2.45) is 0 Å². The van der Waals surface area contributed by atoms with E-state index < -0.39 is 8.07 Å². The number of hydrogen-bond acceptors (Lipinski definition) is 1. The lowest BCUT2D eigenvalue weighted by Gasteiger charge is -2.02. The molecular weight excluding hydrogens is 232 g/mol. The molecule has 1 nitrogen and oxygen atoms in total. The number of carbonyl (C=O) groups excluding carboxylic acids is 1. The predicted molar refractivity (Wildman–Crippen MR) is 59.2 cm³/mol. The van der Waals surface area contributed by atoms with Crippen LogP contribution in [0.1, 0.15) is 12.8 Å². The Bertz CT molecular complexity index is 207. The molecule has 0 unspecified atom stereocenters. The van der Waals surface area contributed by atoms with Crippen molar-refractivity contribution in [3.63, 3.8) is 0 Å². The fraction of sp³-hybridized carbons (Fsp3) is 0.667. The largest absolute Gasteiger partial charge is 0.285 e. The van der Waals surface area contributed by atoms with Crippen LogP contribution >= 0.6 is 15.9 Å². The van der Waals surface area contributed by atoms with Crippen LogP contribution < -0.4 is 0 Å². The maximum absolute atomic E-state index is 11.1. The molecule has 0 aliphatic carbocycles. The Kier molecular flexibility index (Phi) is 5.52. The molecule has 0 radical (unpaired) electrons. The van der Waals surface area contributed by atoms with Crippen LogP contribution in [-0.4, -0.2) is 19.2 Å². The van der Waals surface area contributed by atoms with Crippen LogP contribution in [0.25, 0.3) is 0 Å². The maximum atomic E-state index is 11.1. The number of rotatable bonds is 3. The number of carbonyl (C=O) groups is 1. The number of halogens is 1. The monoisotopic (exact) mass is 246 g/mol. The molecule has 0 rings (SSSR count). The molecule has 68 valence electrons. The van der Waals surface area contributed by atoms with Crippen molar-refractivity contribution in [3.8, 4) is 11.5 Å².